The van der Waals surface area contributed by atoms with Crippen molar-refractivity contribution in [2.75, 3.05) is 24.6 Å². The molecule has 1 aromatic rings. The predicted molar refractivity (Wildman–Crippen MR) is 62.1 cm³/mol. The number of pyridine rings is 1. The first-order chi connectivity index (χ1) is 8.60. The Labute approximate surface area is 102 Å². The summed E-state index contributed by atoms with van der Waals surface area (Å²) in [6.45, 7) is -0.864. The van der Waals surface area contributed by atoms with Crippen LogP contribution in [0, 0.1) is 0 Å². The van der Waals surface area contributed by atoms with Gasteiger partial charge in [-0.2, -0.15) is 0 Å². The normalized spacial score (nSPS) is 11.9. The van der Waals surface area contributed by atoms with Crippen molar-refractivity contribution in [1.29, 1.82) is 0 Å². The van der Waals surface area contributed by atoms with Crippen LogP contribution >= 0.6 is 0 Å². The van der Waals surface area contributed by atoms with Gasteiger partial charge in [0.2, 0.25) is 0 Å². The number of amidine groups is 1. The quantitative estimate of drug-likeness (QED) is 0.295. The van der Waals surface area contributed by atoms with Gasteiger partial charge in [-0.3, -0.25) is 4.98 Å². The fourth-order valence-corrected chi connectivity index (χ4v) is 1.49. The van der Waals surface area contributed by atoms with Crippen LogP contribution in [0.2, 0.25) is 0 Å². The first-order valence-corrected chi connectivity index (χ1v) is 5.17. The first kappa shape index (κ1) is 14.1. The maximum Gasteiger partial charge on any atom is 0.255 e. The molecular weight excluding hydrogens is 246 g/mol. The highest BCUT2D eigenvalue weighted by Gasteiger charge is 2.18. The van der Waals surface area contributed by atoms with Gasteiger partial charge in [-0.1, -0.05) is 5.16 Å². The third-order valence-corrected chi connectivity index (χ3v) is 2.21. The van der Waals surface area contributed by atoms with Crippen LogP contribution in [0.1, 0.15) is 5.69 Å². The van der Waals surface area contributed by atoms with Crippen LogP contribution in [-0.4, -0.2) is 47.3 Å². The van der Waals surface area contributed by atoms with Crippen molar-refractivity contribution >= 4 is 11.5 Å². The minimum absolute atomic E-state index is 0.00173. The largest absolute Gasteiger partial charge is 0.409 e. The van der Waals surface area contributed by atoms with Gasteiger partial charge < -0.3 is 20.9 Å². The van der Waals surface area contributed by atoms with Crippen LogP contribution in [0.25, 0.3) is 0 Å². The van der Waals surface area contributed by atoms with Gasteiger partial charge in [0.1, 0.15) is 5.69 Å². The Kier molecular flexibility index (Phi) is 5.25. The van der Waals surface area contributed by atoms with Gasteiger partial charge in [0.05, 0.1) is 18.8 Å². The zero-order chi connectivity index (χ0) is 13.5. The van der Waals surface area contributed by atoms with Gasteiger partial charge in [0.15, 0.2) is 5.84 Å². The van der Waals surface area contributed by atoms with Crippen LogP contribution in [0.3, 0.4) is 0 Å². The topological polar surface area (TPSA) is 95.0 Å². The molecule has 18 heavy (non-hydrogen) atoms. The number of hydrogen-bond acceptors (Lipinski definition) is 5. The molecule has 0 aliphatic rings. The first-order valence-electron chi connectivity index (χ1n) is 5.17. The van der Waals surface area contributed by atoms with Crippen molar-refractivity contribution in [1.82, 2.24) is 4.98 Å². The van der Waals surface area contributed by atoms with Gasteiger partial charge in [-0.25, -0.2) is 8.78 Å². The third-order valence-electron chi connectivity index (χ3n) is 2.21. The second-order valence-electron chi connectivity index (χ2n) is 3.42. The maximum absolute atomic E-state index is 12.5. The lowest BCUT2D eigenvalue weighted by Gasteiger charge is -2.24. The van der Waals surface area contributed by atoms with Crippen molar-refractivity contribution < 1.29 is 19.1 Å². The molecule has 0 aliphatic carbocycles. The molecular formula is C10H14F2N4O2. The Balaban J connectivity index is 3.10. The Morgan fingerprint density at radius 2 is 2.28 bits per heavy atom. The molecule has 0 radical (unpaired) electrons. The van der Waals surface area contributed by atoms with Gasteiger partial charge in [0, 0.05) is 12.7 Å². The summed E-state index contributed by atoms with van der Waals surface area (Å²) in [5.41, 5.74) is 5.79. The van der Waals surface area contributed by atoms with Gasteiger partial charge in [-0.15, -0.1) is 0 Å². The lowest BCUT2D eigenvalue weighted by Crippen LogP contribution is -2.34. The monoisotopic (exact) mass is 260 g/mol. The number of oxime groups is 1. The summed E-state index contributed by atoms with van der Waals surface area (Å²) in [5.74, 6) is -0.275. The zero-order valence-corrected chi connectivity index (χ0v) is 9.50. The Morgan fingerprint density at radius 1 is 1.56 bits per heavy atom. The van der Waals surface area contributed by atoms with E-state index in [1.807, 2.05) is 0 Å². The molecule has 0 bridgehead atoms. The second-order valence-corrected chi connectivity index (χ2v) is 3.42. The molecule has 1 aromatic heterocycles. The molecule has 6 nitrogen and oxygen atoms in total. The lowest BCUT2D eigenvalue weighted by atomic mass is 10.2. The van der Waals surface area contributed by atoms with Crippen molar-refractivity contribution in [3.8, 4) is 0 Å². The number of nitrogens with two attached hydrogens (primary N) is 1. The van der Waals surface area contributed by atoms with Crippen LogP contribution < -0.4 is 10.6 Å². The van der Waals surface area contributed by atoms with E-state index in [4.69, 9.17) is 16.0 Å². The molecule has 0 unspecified atom stereocenters. The van der Waals surface area contributed by atoms with E-state index >= 15 is 0 Å². The molecule has 8 heteroatoms. The number of aliphatic hydroxyl groups is 1. The smallest absolute Gasteiger partial charge is 0.255 e. The van der Waals surface area contributed by atoms with E-state index < -0.39 is 13.0 Å². The van der Waals surface area contributed by atoms with Crippen LogP contribution in [0.4, 0.5) is 14.5 Å². The zero-order valence-electron chi connectivity index (χ0n) is 9.50. The molecule has 1 rings (SSSR count). The number of nitrogens with zero attached hydrogens (tertiary/aromatic N) is 3. The SMILES string of the molecule is N/C(=N/O)c1ncccc1N(CCO)CC(F)F. The van der Waals surface area contributed by atoms with Crippen molar-refractivity contribution in [2.45, 2.75) is 6.43 Å². The Hall–Kier alpha value is -1.96. The lowest BCUT2D eigenvalue weighted by molar-refractivity contribution is 0.153. The van der Waals surface area contributed by atoms with Crippen molar-refractivity contribution in [3.05, 3.63) is 24.0 Å². The molecule has 0 saturated heterocycles. The van der Waals surface area contributed by atoms with Gasteiger partial charge in [-0.05, 0) is 12.1 Å². The highest BCUT2D eigenvalue weighted by molar-refractivity contribution is 6.00. The number of halogens is 2. The molecule has 0 saturated carbocycles. The van der Waals surface area contributed by atoms with Crippen molar-refractivity contribution in [2.24, 2.45) is 10.9 Å². The van der Waals surface area contributed by atoms with E-state index in [9.17, 15) is 8.78 Å². The summed E-state index contributed by atoms with van der Waals surface area (Å²) in [5, 5.41) is 20.3. The molecule has 0 fully saturated rings. The molecule has 4 N–H and O–H groups in total. The van der Waals surface area contributed by atoms with Crippen LogP contribution in [0.5, 0.6) is 0 Å². The summed E-state index contributed by atoms with van der Waals surface area (Å²) < 4.78 is 24.9. The van der Waals surface area contributed by atoms with Gasteiger partial charge in [0.25, 0.3) is 6.43 Å². The fraction of sp³-hybridized carbons (Fsp3) is 0.400. The highest BCUT2D eigenvalue weighted by atomic mass is 19.3. The number of hydrogen-bond donors (Lipinski definition) is 3. The summed E-state index contributed by atoms with van der Waals surface area (Å²) in [7, 11) is 0. The molecule has 0 atom stereocenters. The summed E-state index contributed by atoms with van der Waals surface area (Å²) >= 11 is 0. The molecule has 0 aromatic carbocycles. The number of anilines is 1. The second kappa shape index (κ2) is 6.70. The van der Waals surface area contributed by atoms with E-state index in [2.05, 4.69) is 10.1 Å². The predicted octanol–water partition coefficient (Wildman–Crippen LogP) is 0.240. The highest BCUT2D eigenvalue weighted by Crippen LogP contribution is 2.19. The standard InChI is InChI=1S/C10H14F2N4O2/c11-8(12)6-16(4-5-17)7-2-1-3-14-9(7)10(13)15-18/h1-3,8,17-18H,4-6H2,(H2,13,15). The van der Waals surface area contributed by atoms with E-state index in [1.165, 1.54) is 17.2 Å². The number of rotatable bonds is 6. The maximum atomic E-state index is 12.5. The summed E-state index contributed by atoms with van der Waals surface area (Å²) in [6.07, 6.45) is -1.17. The third kappa shape index (κ3) is 3.52. The Morgan fingerprint density at radius 3 is 2.83 bits per heavy atom. The van der Waals surface area contributed by atoms with Gasteiger partial charge >= 0.3 is 0 Å². The van der Waals surface area contributed by atoms with E-state index in [0.717, 1.165) is 0 Å². The molecule has 0 spiro atoms. The molecule has 100 valence electrons. The number of alkyl halides is 2. The minimum atomic E-state index is -2.57. The van der Waals surface area contributed by atoms with E-state index in [0.29, 0.717) is 0 Å². The Bertz CT molecular complexity index is 415. The minimum Gasteiger partial charge on any atom is -0.409 e. The average Bonchev–Trinajstić information content (AvgIpc) is 2.37. The number of aromatic nitrogens is 1. The van der Waals surface area contributed by atoms with E-state index in [1.54, 1.807) is 6.07 Å². The number of aliphatic hydroxyl groups excluding tert-OH is 1. The summed E-state index contributed by atoms with van der Waals surface area (Å²) in [6, 6.07) is 3.05. The summed E-state index contributed by atoms with van der Waals surface area (Å²) in [4.78, 5) is 5.10. The van der Waals surface area contributed by atoms with Crippen molar-refractivity contribution in [3.63, 3.8) is 0 Å². The molecule has 1 heterocycles. The van der Waals surface area contributed by atoms with Crippen LogP contribution in [-0.2, 0) is 0 Å². The van der Waals surface area contributed by atoms with Crippen LogP contribution in [0.15, 0.2) is 23.5 Å². The fourth-order valence-electron chi connectivity index (χ4n) is 1.49. The van der Waals surface area contributed by atoms with E-state index in [-0.39, 0.29) is 30.4 Å². The average molecular weight is 260 g/mol. The molecule has 0 aliphatic heterocycles. The molecule has 0 amide bonds.